The van der Waals surface area contributed by atoms with E-state index in [0.29, 0.717) is 6.54 Å². The Labute approximate surface area is 103 Å². The Morgan fingerprint density at radius 2 is 1.94 bits per heavy atom. The van der Waals surface area contributed by atoms with Gasteiger partial charge in [-0.15, -0.1) is 0 Å². The van der Waals surface area contributed by atoms with Crippen LogP contribution < -0.4 is 10.6 Å². The van der Waals surface area contributed by atoms with E-state index in [9.17, 15) is 4.79 Å². The van der Waals surface area contributed by atoms with E-state index < -0.39 is 5.60 Å². The smallest absolute Gasteiger partial charge is 0.407 e. The molecule has 0 aliphatic heterocycles. The molecular formula is C11H22N2O2S. The van der Waals surface area contributed by atoms with Gasteiger partial charge in [-0.05, 0) is 40.0 Å². The maximum atomic E-state index is 11.2. The third-order valence-corrected chi connectivity index (χ3v) is 2.19. The molecule has 0 aromatic heterocycles. The van der Waals surface area contributed by atoms with Crippen molar-refractivity contribution >= 4 is 23.3 Å². The van der Waals surface area contributed by atoms with Crippen molar-refractivity contribution in [2.75, 3.05) is 13.6 Å². The van der Waals surface area contributed by atoms with Crippen LogP contribution >= 0.6 is 12.2 Å². The zero-order chi connectivity index (χ0) is 12.6. The molecule has 16 heavy (non-hydrogen) atoms. The van der Waals surface area contributed by atoms with Crippen molar-refractivity contribution in [1.29, 1.82) is 0 Å². The van der Waals surface area contributed by atoms with Crippen LogP contribution in [-0.2, 0) is 4.74 Å². The van der Waals surface area contributed by atoms with Gasteiger partial charge in [0, 0.05) is 13.6 Å². The van der Waals surface area contributed by atoms with Gasteiger partial charge in [0.2, 0.25) is 0 Å². The first-order valence-corrected chi connectivity index (χ1v) is 5.93. The second-order valence-electron chi connectivity index (χ2n) is 4.56. The minimum absolute atomic E-state index is 0.358. The summed E-state index contributed by atoms with van der Waals surface area (Å²) in [5.74, 6) is 0. The molecule has 2 N–H and O–H groups in total. The molecule has 0 rings (SSSR count). The highest BCUT2D eigenvalue weighted by atomic mass is 32.1. The summed E-state index contributed by atoms with van der Waals surface area (Å²) in [6.45, 7) is 6.16. The third kappa shape index (κ3) is 9.71. The summed E-state index contributed by atoms with van der Waals surface area (Å²) in [4.78, 5) is 12.1. The number of nitrogens with one attached hydrogen (secondary N) is 2. The summed E-state index contributed by atoms with van der Waals surface area (Å²) in [6, 6.07) is 0. The Bertz CT molecular complexity index is 237. The summed E-state index contributed by atoms with van der Waals surface area (Å²) in [5.41, 5.74) is -0.433. The van der Waals surface area contributed by atoms with Gasteiger partial charge in [0.25, 0.3) is 0 Å². The quantitative estimate of drug-likeness (QED) is 0.577. The zero-order valence-electron chi connectivity index (χ0n) is 10.6. The van der Waals surface area contributed by atoms with Crippen molar-refractivity contribution < 1.29 is 9.53 Å². The number of amides is 1. The highest BCUT2D eigenvalue weighted by molar-refractivity contribution is 7.80. The molecule has 5 heteroatoms. The normalized spacial score (nSPS) is 10.8. The van der Waals surface area contributed by atoms with Gasteiger partial charge in [0.1, 0.15) is 5.60 Å². The lowest BCUT2D eigenvalue weighted by molar-refractivity contribution is 0.0527. The fourth-order valence-corrected chi connectivity index (χ4v) is 1.18. The maximum absolute atomic E-state index is 11.2. The Balaban J connectivity index is 3.45. The van der Waals surface area contributed by atoms with Gasteiger partial charge in [0.15, 0.2) is 0 Å². The molecular weight excluding hydrogens is 224 g/mol. The van der Waals surface area contributed by atoms with Crippen molar-refractivity contribution in [3.05, 3.63) is 0 Å². The van der Waals surface area contributed by atoms with Crippen LogP contribution in [0.2, 0.25) is 0 Å². The molecule has 0 spiro atoms. The van der Waals surface area contributed by atoms with Gasteiger partial charge in [0.05, 0.1) is 4.99 Å². The van der Waals surface area contributed by atoms with E-state index in [1.165, 1.54) is 0 Å². The molecule has 0 fully saturated rings. The average molecular weight is 246 g/mol. The van der Waals surface area contributed by atoms with Gasteiger partial charge < -0.3 is 15.4 Å². The van der Waals surface area contributed by atoms with Crippen LogP contribution in [0.4, 0.5) is 4.79 Å². The van der Waals surface area contributed by atoms with Gasteiger partial charge in [-0.3, -0.25) is 0 Å². The molecule has 94 valence electrons. The minimum Gasteiger partial charge on any atom is -0.444 e. The molecule has 4 nitrogen and oxygen atoms in total. The predicted molar refractivity (Wildman–Crippen MR) is 69.7 cm³/mol. The van der Waals surface area contributed by atoms with Crippen molar-refractivity contribution in [3.63, 3.8) is 0 Å². The number of rotatable bonds is 5. The summed E-state index contributed by atoms with van der Waals surface area (Å²) in [7, 11) is 1.82. The second-order valence-corrected chi connectivity index (χ2v) is 5.05. The van der Waals surface area contributed by atoms with Crippen LogP contribution in [0.1, 0.15) is 40.0 Å². The molecule has 0 aliphatic carbocycles. The number of hydrogen-bond acceptors (Lipinski definition) is 3. The number of ether oxygens (including phenoxy) is 1. The Morgan fingerprint density at radius 3 is 2.44 bits per heavy atom. The first-order valence-electron chi connectivity index (χ1n) is 5.52. The monoisotopic (exact) mass is 246 g/mol. The average Bonchev–Trinajstić information content (AvgIpc) is 2.14. The molecule has 0 aromatic rings. The molecule has 0 bridgehead atoms. The van der Waals surface area contributed by atoms with Gasteiger partial charge in [-0.1, -0.05) is 12.2 Å². The molecule has 0 radical (unpaired) electrons. The fourth-order valence-electron chi connectivity index (χ4n) is 1.04. The summed E-state index contributed by atoms with van der Waals surface area (Å²) >= 11 is 5.00. The molecule has 1 amide bonds. The van der Waals surface area contributed by atoms with Crippen molar-refractivity contribution in [3.8, 4) is 0 Å². The van der Waals surface area contributed by atoms with Crippen LogP contribution in [-0.4, -0.2) is 30.3 Å². The maximum Gasteiger partial charge on any atom is 0.407 e. The number of alkyl carbamates (subject to hydrolysis) is 1. The summed E-state index contributed by atoms with van der Waals surface area (Å²) in [6.07, 6.45) is 2.38. The van der Waals surface area contributed by atoms with Gasteiger partial charge >= 0.3 is 6.09 Å². The van der Waals surface area contributed by atoms with E-state index >= 15 is 0 Å². The molecule has 0 heterocycles. The second kappa shape index (κ2) is 7.44. The van der Waals surface area contributed by atoms with Crippen LogP contribution in [0.3, 0.4) is 0 Å². The lowest BCUT2D eigenvalue weighted by Gasteiger charge is -2.19. The van der Waals surface area contributed by atoms with Crippen LogP contribution in [0.15, 0.2) is 0 Å². The SMILES string of the molecule is CNC(=S)CCCCNC(=O)OC(C)(C)C. The number of carbonyl (C=O) groups excluding carboxylic acids is 1. The van der Waals surface area contributed by atoms with E-state index in [-0.39, 0.29) is 6.09 Å². The predicted octanol–water partition coefficient (Wildman–Crippen LogP) is 2.23. The van der Waals surface area contributed by atoms with Crippen LogP contribution in [0, 0.1) is 0 Å². The molecule has 0 saturated carbocycles. The third-order valence-electron chi connectivity index (χ3n) is 1.78. The summed E-state index contributed by atoms with van der Waals surface area (Å²) < 4.78 is 5.10. The Hall–Kier alpha value is -0.840. The first kappa shape index (κ1) is 15.2. The molecule has 0 unspecified atom stereocenters. The van der Waals surface area contributed by atoms with E-state index in [2.05, 4.69) is 10.6 Å². The topological polar surface area (TPSA) is 50.4 Å². The van der Waals surface area contributed by atoms with Gasteiger partial charge in [-0.2, -0.15) is 0 Å². The number of unbranched alkanes of at least 4 members (excludes halogenated alkanes) is 1. The van der Waals surface area contributed by atoms with E-state index in [1.54, 1.807) is 0 Å². The highest BCUT2D eigenvalue weighted by Gasteiger charge is 2.15. The molecule has 0 aliphatic rings. The molecule has 0 atom stereocenters. The van der Waals surface area contributed by atoms with Crippen molar-refractivity contribution in [2.24, 2.45) is 0 Å². The fraction of sp³-hybridized carbons (Fsp3) is 0.818. The lowest BCUT2D eigenvalue weighted by atomic mass is 10.2. The van der Waals surface area contributed by atoms with E-state index in [4.69, 9.17) is 17.0 Å². The standard InChI is InChI=1S/C11H22N2O2S/c1-11(2,3)15-10(14)13-8-6-5-7-9(16)12-4/h5-8H2,1-4H3,(H,12,16)(H,13,14). The van der Waals surface area contributed by atoms with Gasteiger partial charge in [-0.25, -0.2) is 4.79 Å². The van der Waals surface area contributed by atoms with Crippen LogP contribution in [0.25, 0.3) is 0 Å². The van der Waals surface area contributed by atoms with Crippen molar-refractivity contribution in [2.45, 2.75) is 45.6 Å². The first-order chi connectivity index (χ1) is 7.35. The molecule has 0 aromatic carbocycles. The van der Waals surface area contributed by atoms with Crippen LogP contribution in [0.5, 0.6) is 0 Å². The summed E-state index contributed by atoms with van der Waals surface area (Å²) in [5, 5.41) is 5.62. The highest BCUT2D eigenvalue weighted by Crippen LogP contribution is 2.06. The number of thiocarbonyl (C=S) groups is 1. The van der Waals surface area contributed by atoms with E-state index in [1.807, 2.05) is 27.8 Å². The zero-order valence-corrected chi connectivity index (χ0v) is 11.4. The Kier molecular flexibility index (Phi) is 7.05. The molecule has 0 saturated heterocycles. The number of carbonyl (C=O) groups is 1. The van der Waals surface area contributed by atoms with Crippen molar-refractivity contribution in [1.82, 2.24) is 10.6 Å². The largest absolute Gasteiger partial charge is 0.444 e. The number of hydrogen-bond donors (Lipinski definition) is 2. The lowest BCUT2D eigenvalue weighted by Crippen LogP contribution is -2.33. The minimum atomic E-state index is -0.433. The Morgan fingerprint density at radius 1 is 1.31 bits per heavy atom. The van der Waals surface area contributed by atoms with E-state index in [0.717, 1.165) is 24.3 Å².